The first-order chi connectivity index (χ1) is 9.72. The van der Waals surface area contributed by atoms with Crippen LogP contribution in [-0.2, 0) is 11.2 Å². The fourth-order valence-electron chi connectivity index (χ4n) is 1.87. The zero-order valence-corrected chi connectivity index (χ0v) is 12.3. The summed E-state index contributed by atoms with van der Waals surface area (Å²) in [6.45, 7) is 0.515. The Bertz CT molecular complexity index is 571. The summed E-state index contributed by atoms with van der Waals surface area (Å²) in [7, 11) is 0. The van der Waals surface area contributed by atoms with Crippen molar-refractivity contribution < 1.29 is 4.79 Å². The normalized spacial score (nSPS) is 12.5. The van der Waals surface area contributed by atoms with Crippen LogP contribution in [0.3, 0.4) is 0 Å². The standard InChI is InChI=1S/C13H19N5OS/c1-20-9-6-10(14)13(19)15-7-5-12-17-16-11-4-2-3-8-18(11)12/h2-4,8,10H,5-7,9,14H2,1H3,(H,15,19)/t10-/m1/s1. The highest BCUT2D eigenvalue weighted by atomic mass is 32.2. The zero-order chi connectivity index (χ0) is 14.4. The summed E-state index contributed by atoms with van der Waals surface area (Å²) < 4.78 is 1.92. The van der Waals surface area contributed by atoms with Crippen molar-refractivity contribution in [1.82, 2.24) is 19.9 Å². The highest BCUT2D eigenvalue weighted by Gasteiger charge is 2.12. The number of amides is 1. The largest absolute Gasteiger partial charge is 0.354 e. The molecule has 0 saturated carbocycles. The molecule has 0 fully saturated rings. The lowest BCUT2D eigenvalue weighted by molar-refractivity contribution is -0.122. The van der Waals surface area contributed by atoms with Crippen molar-refractivity contribution in [3.8, 4) is 0 Å². The molecule has 20 heavy (non-hydrogen) atoms. The van der Waals surface area contributed by atoms with Gasteiger partial charge in [-0.1, -0.05) is 6.07 Å². The van der Waals surface area contributed by atoms with Crippen LogP contribution in [0.5, 0.6) is 0 Å². The van der Waals surface area contributed by atoms with Gasteiger partial charge >= 0.3 is 0 Å². The molecular formula is C13H19N5OS. The number of hydrogen-bond donors (Lipinski definition) is 2. The molecule has 2 heterocycles. The summed E-state index contributed by atoms with van der Waals surface area (Å²) in [5.74, 6) is 1.62. The maximum atomic E-state index is 11.8. The first kappa shape index (κ1) is 14.8. The van der Waals surface area contributed by atoms with E-state index in [2.05, 4.69) is 15.5 Å². The van der Waals surface area contributed by atoms with Gasteiger partial charge in [-0.2, -0.15) is 11.8 Å². The van der Waals surface area contributed by atoms with Crippen molar-refractivity contribution in [3.63, 3.8) is 0 Å². The van der Waals surface area contributed by atoms with Crippen LogP contribution in [0.25, 0.3) is 5.65 Å². The predicted molar refractivity (Wildman–Crippen MR) is 80.7 cm³/mol. The molecule has 2 aromatic heterocycles. The molecule has 2 aromatic rings. The maximum absolute atomic E-state index is 11.8. The van der Waals surface area contributed by atoms with Gasteiger partial charge in [-0.15, -0.1) is 10.2 Å². The third-order valence-corrected chi connectivity index (χ3v) is 3.65. The number of thioether (sulfide) groups is 1. The molecule has 0 unspecified atom stereocenters. The van der Waals surface area contributed by atoms with Crippen molar-refractivity contribution in [3.05, 3.63) is 30.2 Å². The second kappa shape index (κ2) is 7.25. The topological polar surface area (TPSA) is 85.3 Å². The number of rotatable bonds is 7. The van der Waals surface area contributed by atoms with Gasteiger partial charge in [-0.3, -0.25) is 9.20 Å². The number of nitrogens with one attached hydrogen (secondary N) is 1. The average Bonchev–Trinajstić information content (AvgIpc) is 2.88. The van der Waals surface area contributed by atoms with E-state index in [0.717, 1.165) is 17.2 Å². The lowest BCUT2D eigenvalue weighted by atomic mass is 10.2. The van der Waals surface area contributed by atoms with E-state index in [1.54, 1.807) is 11.8 Å². The fraction of sp³-hybridized carbons (Fsp3) is 0.462. The Morgan fingerprint density at radius 2 is 2.35 bits per heavy atom. The van der Waals surface area contributed by atoms with E-state index >= 15 is 0 Å². The van der Waals surface area contributed by atoms with E-state index in [9.17, 15) is 4.79 Å². The Labute approximate surface area is 122 Å². The average molecular weight is 293 g/mol. The minimum absolute atomic E-state index is 0.104. The fourth-order valence-corrected chi connectivity index (χ4v) is 2.36. The van der Waals surface area contributed by atoms with Crippen LogP contribution >= 0.6 is 11.8 Å². The van der Waals surface area contributed by atoms with Gasteiger partial charge < -0.3 is 11.1 Å². The van der Waals surface area contributed by atoms with Crippen molar-refractivity contribution in [2.75, 3.05) is 18.6 Å². The monoisotopic (exact) mass is 293 g/mol. The molecule has 2 rings (SSSR count). The molecule has 0 aliphatic rings. The second-order valence-corrected chi connectivity index (χ2v) is 5.46. The van der Waals surface area contributed by atoms with Crippen LogP contribution < -0.4 is 11.1 Å². The van der Waals surface area contributed by atoms with E-state index in [1.807, 2.05) is 35.1 Å². The molecule has 0 aliphatic heterocycles. The summed E-state index contributed by atoms with van der Waals surface area (Å²) in [5.41, 5.74) is 6.61. The number of carbonyl (C=O) groups is 1. The summed E-state index contributed by atoms with van der Waals surface area (Å²) in [6, 6.07) is 5.31. The molecule has 7 heteroatoms. The van der Waals surface area contributed by atoms with Gasteiger partial charge in [-0.05, 0) is 30.6 Å². The first-order valence-electron chi connectivity index (χ1n) is 6.53. The van der Waals surface area contributed by atoms with E-state index in [4.69, 9.17) is 5.73 Å². The summed E-state index contributed by atoms with van der Waals surface area (Å²) in [5, 5.41) is 11.0. The molecule has 0 spiro atoms. The molecular weight excluding hydrogens is 274 g/mol. The highest BCUT2D eigenvalue weighted by Crippen LogP contribution is 2.03. The first-order valence-corrected chi connectivity index (χ1v) is 7.92. The lowest BCUT2D eigenvalue weighted by Gasteiger charge is -2.11. The maximum Gasteiger partial charge on any atom is 0.236 e. The van der Waals surface area contributed by atoms with Gasteiger partial charge in [0.2, 0.25) is 5.91 Å². The van der Waals surface area contributed by atoms with E-state index < -0.39 is 6.04 Å². The van der Waals surface area contributed by atoms with Crippen LogP contribution in [0.2, 0.25) is 0 Å². The SMILES string of the molecule is CSCC[C@@H](N)C(=O)NCCc1nnc2ccccn12. The summed E-state index contributed by atoms with van der Waals surface area (Å²) in [4.78, 5) is 11.8. The number of nitrogens with zero attached hydrogens (tertiary/aromatic N) is 3. The van der Waals surface area contributed by atoms with Crippen LogP contribution in [-0.4, -0.2) is 45.1 Å². The lowest BCUT2D eigenvalue weighted by Crippen LogP contribution is -2.41. The third kappa shape index (κ3) is 3.71. The Hall–Kier alpha value is -1.60. The molecule has 0 radical (unpaired) electrons. The molecule has 6 nitrogen and oxygen atoms in total. The van der Waals surface area contributed by atoms with Crippen molar-refractivity contribution in [1.29, 1.82) is 0 Å². The van der Waals surface area contributed by atoms with Crippen molar-refractivity contribution in [2.45, 2.75) is 18.9 Å². The summed E-state index contributed by atoms with van der Waals surface area (Å²) in [6.07, 6.45) is 5.24. The van der Waals surface area contributed by atoms with Gasteiger partial charge in [0, 0.05) is 19.2 Å². The van der Waals surface area contributed by atoms with Crippen LogP contribution in [0.1, 0.15) is 12.2 Å². The van der Waals surface area contributed by atoms with Gasteiger partial charge in [0.05, 0.1) is 6.04 Å². The van der Waals surface area contributed by atoms with Gasteiger partial charge in [0.1, 0.15) is 5.82 Å². The van der Waals surface area contributed by atoms with Crippen molar-refractivity contribution in [2.24, 2.45) is 5.73 Å². The molecule has 1 atom stereocenters. The van der Waals surface area contributed by atoms with E-state index in [-0.39, 0.29) is 5.91 Å². The minimum Gasteiger partial charge on any atom is -0.354 e. The molecule has 0 bridgehead atoms. The number of nitrogens with two attached hydrogens (primary N) is 1. The smallest absolute Gasteiger partial charge is 0.236 e. The Morgan fingerprint density at radius 3 is 3.15 bits per heavy atom. The van der Waals surface area contributed by atoms with Crippen LogP contribution in [0, 0.1) is 0 Å². The van der Waals surface area contributed by atoms with Gasteiger partial charge in [0.25, 0.3) is 0 Å². The van der Waals surface area contributed by atoms with E-state index in [0.29, 0.717) is 19.4 Å². The number of pyridine rings is 1. The second-order valence-electron chi connectivity index (χ2n) is 4.47. The summed E-state index contributed by atoms with van der Waals surface area (Å²) >= 11 is 1.69. The minimum atomic E-state index is -0.433. The van der Waals surface area contributed by atoms with E-state index in [1.165, 1.54) is 0 Å². The van der Waals surface area contributed by atoms with Crippen LogP contribution in [0.15, 0.2) is 24.4 Å². The van der Waals surface area contributed by atoms with Crippen LogP contribution in [0.4, 0.5) is 0 Å². The molecule has 0 aliphatic carbocycles. The molecule has 0 aromatic carbocycles. The van der Waals surface area contributed by atoms with Gasteiger partial charge in [-0.25, -0.2) is 0 Å². The van der Waals surface area contributed by atoms with Gasteiger partial charge in [0.15, 0.2) is 5.65 Å². The molecule has 0 saturated heterocycles. The Morgan fingerprint density at radius 1 is 1.50 bits per heavy atom. The Kier molecular flexibility index (Phi) is 5.37. The Balaban J connectivity index is 1.82. The number of carbonyl (C=O) groups excluding carboxylic acids is 1. The predicted octanol–water partition coefficient (Wildman–Crippen LogP) is 0.468. The quantitative estimate of drug-likeness (QED) is 0.775. The van der Waals surface area contributed by atoms with Crippen molar-refractivity contribution >= 4 is 23.3 Å². The highest BCUT2D eigenvalue weighted by molar-refractivity contribution is 7.98. The zero-order valence-electron chi connectivity index (χ0n) is 11.5. The molecule has 3 N–H and O–H groups in total. The molecule has 108 valence electrons. The number of hydrogen-bond acceptors (Lipinski definition) is 5. The number of fused-ring (bicyclic) bond motifs is 1. The molecule has 1 amide bonds. The third-order valence-electron chi connectivity index (χ3n) is 3.00. The number of aromatic nitrogens is 3.